The molecule has 0 fully saturated rings. The summed E-state index contributed by atoms with van der Waals surface area (Å²) in [5.74, 6) is 0.0451. The van der Waals surface area contributed by atoms with Crippen LogP contribution in [0.1, 0.15) is 5.56 Å². The van der Waals surface area contributed by atoms with Gasteiger partial charge in [0.05, 0.1) is 15.2 Å². The van der Waals surface area contributed by atoms with Crippen LogP contribution < -0.4 is 11.2 Å². The number of amides is 2. The van der Waals surface area contributed by atoms with Gasteiger partial charge in [0.25, 0.3) is 0 Å². The van der Waals surface area contributed by atoms with Crippen LogP contribution in [-0.4, -0.2) is 17.4 Å². The second kappa shape index (κ2) is 5.65. The summed E-state index contributed by atoms with van der Waals surface area (Å²) in [6, 6.07) is 0.899. The van der Waals surface area contributed by atoms with Crippen molar-refractivity contribution in [2.45, 2.75) is 0 Å². The smallest absolute Gasteiger partial charge is 0.332 e. The molecule has 16 heavy (non-hydrogen) atoms. The maximum atomic E-state index is 10.4. The predicted octanol–water partition coefficient (Wildman–Crippen LogP) is 2.68. The van der Waals surface area contributed by atoms with Gasteiger partial charge in [-0.1, -0.05) is 15.9 Å². The summed E-state index contributed by atoms with van der Waals surface area (Å²) in [5.41, 5.74) is 7.48. The number of carbonyl (C=O) groups excluding carboxylic acids is 1. The minimum absolute atomic E-state index is 0.0451. The number of nitrogens with one attached hydrogen (secondary N) is 1. The van der Waals surface area contributed by atoms with Crippen LogP contribution in [0.4, 0.5) is 4.79 Å². The van der Waals surface area contributed by atoms with Crippen LogP contribution in [0, 0.1) is 0 Å². The highest BCUT2D eigenvalue weighted by Gasteiger charge is 2.11. The summed E-state index contributed by atoms with van der Waals surface area (Å²) in [5, 5.41) is 13.2. The van der Waals surface area contributed by atoms with Crippen molar-refractivity contribution in [3.63, 3.8) is 0 Å². The lowest BCUT2D eigenvalue weighted by atomic mass is 10.2. The molecule has 0 aliphatic heterocycles. The molecule has 4 N–H and O–H groups in total. The van der Waals surface area contributed by atoms with E-state index in [1.165, 1.54) is 6.21 Å². The van der Waals surface area contributed by atoms with E-state index in [0.29, 0.717) is 19.0 Å². The van der Waals surface area contributed by atoms with E-state index in [4.69, 9.17) is 5.73 Å². The van der Waals surface area contributed by atoms with E-state index >= 15 is 0 Å². The number of carbonyl (C=O) groups is 1. The molecule has 0 bridgehead atoms. The Hall–Kier alpha value is -0.600. The Balaban J connectivity index is 3.09. The molecule has 86 valence electrons. The first-order chi connectivity index (χ1) is 7.43. The summed E-state index contributed by atoms with van der Waals surface area (Å²) in [7, 11) is 0. The van der Waals surface area contributed by atoms with Crippen LogP contribution in [0.5, 0.6) is 5.75 Å². The van der Waals surface area contributed by atoms with Gasteiger partial charge >= 0.3 is 6.03 Å². The first kappa shape index (κ1) is 13.5. The van der Waals surface area contributed by atoms with Gasteiger partial charge in [0.1, 0.15) is 5.75 Å². The summed E-state index contributed by atoms with van der Waals surface area (Å²) in [6.07, 6.45) is 1.35. The Bertz CT molecular complexity index is 462. The zero-order valence-electron chi connectivity index (χ0n) is 7.67. The quantitative estimate of drug-likeness (QED) is 0.512. The third-order valence-electron chi connectivity index (χ3n) is 1.55. The Kier molecular flexibility index (Phi) is 4.75. The van der Waals surface area contributed by atoms with Gasteiger partial charge in [-0.05, 0) is 37.9 Å². The van der Waals surface area contributed by atoms with Crippen molar-refractivity contribution in [2.75, 3.05) is 0 Å². The molecule has 1 rings (SSSR count). The number of urea groups is 1. The molecule has 8 heteroatoms. The number of halogens is 3. The zero-order valence-corrected chi connectivity index (χ0v) is 12.4. The van der Waals surface area contributed by atoms with E-state index in [1.54, 1.807) is 6.07 Å². The summed E-state index contributed by atoms with van der Waals surface area (Å²) >= 11 is 9.68. The van der Waals surface area contributed by atoms with Gasteiger partial charge in [0.2, 0.25) is 0 Å². The van der Waals surface area contributed by atoms with E-state index in [9.17, 15) is 9.90 Å². The molecule has 1 aromatic carbocycles. The molecule has 0 spiro atoms. The third kappa shape index (κ3) is 3.19. The lowest BCUT2D eigenvalue weighted by molar-refractivity contribution is 0.249. The average Bonchev–Trinajstić information content (AvgIpc) is 2.19. The van der Waals surface area contributed by atoms with Crippen LogP contribution in [0.25, 0.3) is 0 Å². The summed E-state index contributed by atoms with van der Waals surface area (Å²) < 4.78 is 1.68. The molecule has 0 atom stereocenters. The molecule has 0 saturated carbocycles. The average molecular weight is 416 g/mol. The number of nitrogens with two attached hydrogens (primary N) is 1. The van der Waals surface area contributed by atoms with Crippen LogP contribution in [0.15, 0.2) is 24.6 Å². The number of benzene rings is 1. The lowest BCUT2D eigenvalue weighted by Crippen LogP contribution is -2.24. The minimum Gasteiger partial charge on any atom is -0.506 e. The monoisotopic (exact) mass is 413 g/mol. The number of hydrogen-bond donors (Lipinski definition) is 3. The van der Waals surface area contributed by atoms with Crippen LogP contribution in [-0.2, 0) is 0 Å². The van der Waals surface area contributed by atoms with Crippen molar-refractivity contribution in [2.24, 2.45) is 10.8 Å². The maximum Gasteiger partial charge on any atom is 0.332 e. The molecule has 0 aromatic heterocycles. The highest BCUT2D eigenvalue weighted by atomic mass is 79.9. The van der Waals surface area contributed by atoms with Crippen LogP contribution >= 0.6 is 47.8 Å². The number of nitrogens with zero attached hydrogens (tertiary/aromatic N) is 1. The van der Waals surface area contributed by atoms with Gasteiger partial charge in [0, 0.05) is 10.0 Å². The van der Waals surface area contributed by atoms with Crippen molar-refractivity contribution < 1.29 is 9.90 Å². The molecular weight excluding hydrogens is 410 g/mol. The largest absolute Gasteiger partial charge is 0.506 e. The maximum absolute atomic E-state index is 10.4. The van der Waals surface area contributed by atoms with E-state index in [-0.39, 0.29) is 5.75 Å². The zero-order chi connectivity index (χ0) is 12.3. The molecule has 2 amide bonds. The molecule has 0 unspecified atom stereocenters. The number of hydrazone groups is 1. The lowest BCUT2D eigenvalue weighted by Gasteiger charge is -2.06. The number of phenols is 1. The normalized spacial score (nSPS) is 10.7. The van der Waals surface area contributed by atoms with Crippen molar-refractivity contribution in [3.05, 3.63) is 25.0 Å². The van der Waals surface area contributed by atoms with Crippen molar-refractivity contribution in [1.82, 2.24) is 5.43 Å². The molecule has 1 aromatic rings. The van der Waals surface area contributed by atoms with Gasteiger partial charge in [-0.2, -0.15) is 5.10 Å². The van der Waals surface area contributed by atoms with Crippen molar-refractivity contribution in [3.8, 4) is 5.75 Å². The van der Waals surface area contributed by atoms with Crippen molar-refractivity contribution in [1.29, 1.82) is 0 Å². The van der Waals surface area contributed by atoms with Gasteiger partial charge < -0.3 is 10.8 Å². The van der Waals surface area contributed by atoms with E-state index < -0.39 is 6.03 Å². The summed E-state index contributed by atoms with van der Waals surface area (Å²) in [4.78, 5) is 10.4. The number of hydrogen-bond acceptors (Lipinski definition) is 3. The predicted molar refractivity (Wildman–Crippen MR) is 71.5 cm³/mol. The van der Waals surface area contributed by atoms with Gasteiger partial charge in [-0.3, -0.25) is 0 Å². The molecule has 0 radical (unpaired) electrons. The molecular formula is C8H6Br3N3O2. The standard InChI is InChI=1S/C8H6Br3N3O2/c9-4-1-5(10)7(15)6(11)3(4)2-13-14-8(12)16/h1-2,15H,(H3,12,14,16)/b13-2-. The SMILES string of the molecule is NC(=O)N/N=C\c1c(Br)cc(Br)c(O)c1Br. The Morgan fingerprint density at radius 3 is 2.62 bits per heavy atom. The van der Waals surface area contributed by atoms with Crippen LogP contribution in [0.3, 0.4) is 0 Å². The van der Waals surface area contributed by atoms with Crippen LogP contribution in [0.2, 0.25) is 0 Å². The Morgan fingerprint density at radius 2 is 2.06 bits per heavy atom. The van der Waals surface area contributed by atoms with Gasteiger partial charge in [-0.25, -0.2) is 10.2 Å². The first-order valence-corrected chi connectivity index (χ1v) is 6.26. The third-order valence-corrected chi connectivity index (χ3v) is 3.61. The van der Waals surface area contributed by atoms with Gasteiger partial charge in [-0.15, -0.1) is 0 Å². The number of phenolic OH excluding ortho intramolecular Hbond substituents is 1. The first-order valence-electron chi connectivity index (χ1n) is 3.88. The molecule has 0 aliphatic carbocycles. The molecule has 0 saturated heterocycles. The topological polar surface area (TPSA) is 87.7 Å². The van der Waals surface area contributed by atoms with Crippen molar-refractivity contribution >= 4 is 60.0 Å². The van der Waals surface area contributed by atoms with E-state index in [0.717, 1.165) is 0 Å². The fraction of sp³-hybridized carbons (Fsp3) is 0. The van der Waals surface area contributed by atoms with E-state index in [2.05, 4.69) is 58.3 Å². The Morgan fingerprint density at radius 1 is 1.44 bits per heavy atom. The number of aromatic hydroxyl groups is 1. The second-order valence-electron chi connectivity index (χ2n) is 2.65. The highest BCUT2D eigenvalue weighted by Crippen LogP contribution is 2.38. The molecule has 0 aliphatic rings. The van der Waals surface area contributed by atoms with Gasteiger partial charge in [0.15, 0.2) is 0 Å². The molecule has 0 heterocycles. The minimum atomic E-state index is -0.759. The summed E-state index contributed by atoms with van der Waals surface area (Å²) in [6.45, 7) is 0. The Labute approximate surface area is 116 Å². The molecule has 5 nitrogen and oxygen atoms in total. The highest BCUT2D eigenvalue weighted by molar-refractivity contribution is 9.11. The second-order valence-corrected chi connectivity index (χ2v) is 5.15. The fourth-order valence-corrected chi connectivity index (χ4v) is 3.20. The number of primary amides is 1. The van der Waals surface area contributed by atoms with E-state index in [1.807, 2.05) is 0 Å². The fourth-order valence-electron chi connectivity index (χ4n) is 0.873. The number of rotatable bonds is 2.